The lowest BCUT2D eigenvalue weighted by Gasteiger charge is -2.23. The SMILES string of the molecule is COCCCN(CC(=O)Nc1cc(C(C)(C)C)nn1-c1ccccc1C)C(=O)Nc1cccc(Br)c1. The van der Waals surface area contributed by atoms with Gasteiger partial charge in [0.15, 0.2) is 0 Å². The second-order valence-corrected chi connectivity index (χ2v) is 10.5. The first-order valence-corrected chi connectivity index (χ1v) is 12.6. The number of carbonyl (C=O) groups is 2. The Kier molecular flexibility index (Phi) is 9.28. The van der Waals surface area contributed by atoms with Crippen LogP contribution in [0.25, 0.3) is 5.69 Å². The van der Waals surface area contributed by atoms with Gasteiger partial charge in [-0.3, -0.25) is 4.79 Å². The number of halogens is 1. The lowest BCUT2D eigenvalue weighted by molar-refractivity contribution is -0.116. The number of amides is 3. The normalized spacial score (nSPS) is 11.3. The van der Waals surface area contributed by atoms with Gasteiger partial charge in [0.25, 0.3) is 0 Å². The molecule has 0 atom stereocenters. The van der Waals surface area contributed by atoms with E-state index in [9.17, 15) is 9.59 Å². The van der Waals surface area contributed by atoms with Crippen molar-refractivity contribution in [1.82, 2.24) is 14.7 Å². The minimum atomic E-state index is -0.359. The van der Waals surface area contributed by atoms with Crippen LogP contribution in [0.1, 0.15) is 38.4 Å². The highest BCUT2D eigenvalue weighted by Gasteiger charge is 2.23. The van der Waals surface area contributed by atoms with Crippen LogP contribution < -0.4 is 10.6 Å². The maximum atomic E-state index is 13.2. The van der Waals surface area contributed by atoms with Gasteiger partial charge in [-0.25, -0.2) is 9.48 Å². The molecule has 3 amide bonds. The van der Waals surface area contributed by atoms with E-state index in [-0.39, 0.29) is 23.9 Å². The number of hydrogen-bond acceptors (Lipinski definition) is 4. The van der Waals surface area contributed by atoms with Gasteiger partial charge in [0.2, 0.25) is 5.91 Å². The summed E-state index contributed by atoms with van der Waals surface area (Å²) in [6.45, 7) is 8.96. The van der Waals surface area contributed by atoms with Crippen molar-refractivity contribution < 1.29 is 14.3 Å². The second kappa shape index (κ2) is 12.2. The van der Waals surface area contributed by atoms with Crippen LogP contribution in [0.5, 0.6) is 0 Å². The predicted molar refractivity (Wildman–Crippen MR) is 147 cm³/mol. The first kappa shape index (κ1) is 27.4. The van der Waals surface area contributed by atoms with Crippen molar-refractivity contribution in [2.45, 2.75) is 39.5 Å². The summed E-state index contributed by atoms with van der Waals surface area (Å²) in [6.07, 6.45) is 0.602. The van der Waals surface area contributed by atoms with E-state index in [4.69, 9.17) is 9.84 Å². The molecule has 0 saturated carbocycles. The van der Waals surface area contributed by atoms with Crippen molar-refractivity contribution in [3.8, 4) is 5.69 Å². The molecule has 192 valence electrons. The highest BCUT2D eigenvalue weighted by Crippen LogP contribution is 2.27. The van der Waals surface area contributed by atoms with E-state index in [1.165, 1.54) is 4.90 Å². The van der Waals surface area contributed by atoms with Crippen LogP contribution in [-0.4, -0.2) is 53.4 Å². The van der Waals surface area contributed by atoms with Crippen LogP contribution in [0.2, 0.25) is 0 Å². The molecule has 9 heteroatoms. The van der Waals surface area contributed by atoms with Gasteiger partial charge >= 0.3 is 6.03 Å². The van der Waals surface area contributed by atoms with Crippen molar-refractivity contribution in [2.75, 3.05) is 37.4 Å². The molecule has 0 aliphatic heterocycles. The van der Waals surface area contributed by atoms with Crippen molar-refractivity contribution in [3.63, 3.8) is 0 Å². The number of aromatic nitrogens is 2. The average molecular weight is 557 g/mol. The molecule has 1 heterocycles. The van der Waals surface area contributed by atoms with Crippen LogP contribution >= 0.6 is 15.9 Å². The number of nitrogens with zero attached hydrogens (tertiary/aromatic N) is 3. The van der Waals surface area contributed by atoms with Crippen molar-refractivity contribution in [1.29, 1.82) is 0 Å². The molecule has 0 spiro atoms. The monoisotopic (exact) mass is 555 g/mol. The molecule has 0 radical (unpaired) electrons. The lowest BCUT2D eigenvalue weighted by atomic mass is 9.92. The zero-order chi connectivity index (χ0) is 26.3. The fourth-order valence-corrected chi connectivity index (χ4v) is 4.00. The lowest BCUT2D eigenvalue weighted by Crippen LogP contribution is -2.41. The number of methoxy groups -OCH3 is 1. The number of rotatable bonds is 9. The summed E-state index contributed by atoms with van der Waals surface area (Å²) in [7, 11) is 1.61. The Morgan fingerprint density at radius 3 is 2.50 bits per heavy atom. The standard InChI is InChI=1S/C27H34BrN5O3/c1-19-10-6-7-13-22(19)33-24(17-23(31-33)27(2,3)4)30-25(34)18-32(14-9-15-36-5)26(35)29-21-12-8-11-20(28)16-21/h6-8,10-13,16-17H,9,14-15,18H2,1-5H3,(H,29,35)(H,30,34). The Balaban J connectivity index is 1.81. The van der Waals surface area contributed by atoms with Gasteiger partial charge in [-0.1, -0.05) is 61.0 Å². The summed E-state index contributed by atoms with van der Waals surface area (Å²) in [5, 5.41) is 10.6. The van der Waals surface area contributed by atoms with Crippen LogP contribution in [0.4, 0.5) is 16.3 Å². The Morgan fingerprint density at radius 1 is 1.08 bits per heavy atom. The van der Waals surface area contributed by atoms with Gasteiger partial charge in [0.1, 0.15) is 12.4 Å². The Labute approximate surface area is 221 Å². The molecule has 2 aromatic carbocycles. The molecule has 0 aliphatic carbocycles. The molecule has 0 fully saturated rings. The third-order valence-corrected chi connectivity index (χ3v) is 6.06. The minimum absolute atomic E-state index is 0.118. The topological polar surface area (TPSA) is 88.5 Å². The molecule has 0 saturated heterocycles. The third-order valence-electron chi connectivity index (χ3n) is 5.56. The summed E-state index contributed by atoms with van der Waals surface area (Å²) < 4.78 is 7.75. The molecular weight excluding hydrogens is 522 g/mol. The van der Waals surface area contributed by atoms with Gasteiger partial charge in [-0.2, -0.15) is 5.10 Å². The summed E-state index contributed by atoms with van der Waals surface area (Å²) in [6, 6.07) is 16.7. The summed E-state index contributed by atoms with van der Waals surface area (Å²) in [4.78, 5) is 27.7. The molecule has 3 rings (SSSR count). The molecule has 0 unspecified atom stereocenters. The molecule has 3 aromatic rings. The second-order valence-electron chi connectivity index (χ2n) is 9.62. The van der Waals surface area contributed by atoms with Crippen LogP contribution in [0.15, 0.2) is 59.1 Å². The van der Waals surface area contributed by atoms with Gasteiger partial charge in [-0.15, -0.1) is 0 Å². The fourth-order valence-electron chi connectivity index (χ4n) is 3.60. The zero-order valence-electron chi connectivity index (χ0n) is 21.5. The van der Waals surface area contributed by atoms with Gasteiger partial charge in [0.05, 0.1) is 11.4 Å². The van der Waals surface area contributed by atoms with E-state index >= 15 is 0 Å². The Bertz CT molecular complexity index is 1200. The van der Waals surface area contributed by atoms with Gasteiger partial charge in [0, 0.05) is 41.9 Å². The smallest absolute Gasteiger partial charge is 0.322 e. The number of para-hydroxylation sites is 1. The van der Waals surface area contributed by atoms with Crippen LogP contribution in [0.3, 0.4) is 0 Å². The highest BCUT2D eigenvalue weighted by atomic mass is 79.9. The summed E-state index contributed by atoms with van der Waals surface area (Å²) in [5.41, 5.74) is 3.20. The quantitative estimate of drug-likeness (QED) is 0.329. The van der Waals surface area contributed by atoms with Crippen molar-refractivity contribution >= 4 is 39.4 Å². The number of urea groups is 1. The Hall–Kier alpha value is -3.17. The minimum Gasteiger partial charge on any atom is -0.385 e. The maximum absolute atomic E-state index is 13.2. The van der Waals surface area contributed by atoms with E-state index in [2.05, 4.69) is 47.3 Å². The number of nitrogens with one attached hydrogen (secondary N) is 2. The molecule has 36 heavy (non-hydrogen) atoms. The first-order chi connectivity index (χ1) is 17.1. The number of benzene rings is 2. The number of anilines is 2. The Morgan fingerprint density at radius 2 is 1.83 bits per heavy atom. The third kappa shape index (κ3) is 7.41. The van der Waals surface area contributed by atoms with E-state index in [0.717, 1.165) is 21.4 Å². The van der Waals surface area contributed by atoms with E-state index < -0.39 is 0 Å². The van der Waals surface area contributed by atoms with Crippen molar-refractivity contribution in [3.05, 3.63) is 70.3 Å². The first-order valence-electron chi connectivity index (χ1n) is 11.9. The van der Waals surface area contributed by atoms with Gasteiger partial charge in [-0.05, 0) is 43.2 Å². The van der Waals surface area contributed by atoms with E-state index in [1.807, 2.05) is 49.4 Å². The molecule has 1 aromatic heterocycles. The zero-order valence-corrected chi connectivity index (χ0v) is 23.1. The van der Waals surface area contributed by atoms with Crippen LogP contribution in [-0.2, 0) is 14.9 Å². The fraction of sp³-hybridized carbons (Fsp3) is 0.370. The summed E-state index contributed by atoms with van der Waals surface area (Å²) >= 11 is 3.41. The average Bonchev–Trinajstić information content (AvgIpc) is 3.23. The van der Waals surface area contributed by atoms with Gasteiger partial charge < -0.3 is 20.3 Å². The molecular formula is C27H34BrN5O3. The largest absolute Gasteiger partial charge is 0.385 e. The number of carbonyl (C=O) groups excluding carboxylic acids is 2. The number of aryl methyl sites for hydroxylation is 1. The summed E-state index contributed by atoms with van der Waals surface area (Å²) in [5.74, 6) is 0.246. The highest BCUT2D eigenvalue weighted by molar-refractivity contribution is 9.10. The molecule has 0 aliphatic rings. The number of ether oxygens (including phenoxy) is 1. The molecule has 2 N–H and O–H groups in total. The maximum Gasteiger partial charge on any atom is 0.322 e. The number of hydrogen-bond donors (Lipinski definition) is 2. The molecule has 0 bridgehead atoms. The van der Waals surface area contributed by atoms with E-state index in [1.54, 1.807) is 23.9 Å². The van der Waals surface area contributed by atoms with Crippen molar-refractivity contribution in [2.24, 2.45) is 0 Å². The van der Waals surface area contributed by atoms with E-state index in [0.29, 0.717) is 31.1 Å². The van der Waals surface area contributed by atoms with Crippen LogP contribution in [0, 0.1) is 6.92 Å². The molecule has 8 nitrogen and oxygen atoms in total. The predicted octanol–water partition coefficient (Wildman–Crippen LogP) is 5.75.